The van der Waals surface area contributed by atoms with Gasteiger partial charge in [-0.15, -0.1) is 0 Å². The number of hydrogen-bond acceptors (Lipinski definition) is 2. The molecular formula is C17H16ClNO. The Hall–Kier alpha value is -1.77. The summed E-state index contributed by atoms with van der Waals surface area (Å²) in [6, 6.07) is 18.3. The number of fused-ring (bicyclic) bond motifs is 1. The summed E-state index contributed by atoms with van der Waals surface area (Å²) in [6.07, 6.45) is 0. The Morgan fingerprint density at radius 1 is 1.10 bits per heavy atom. The molecule has 2 nitrogen and oxygen atoms in total. The van der Waals surface area contributed by atoms with Gasteiger partial charge >= 0.3 is 0 Å². The molecule has 1 atom stereocenters. The number of nitrogens with one attached hydrogen (secondary N) is 1. The van der Waals surface area contributed by atoms with Gasteiger partial charge in [-0.1, -0.05) is 41.9 Å². The van der Waals surface area contributed by atoms with Gasteiger partial charge in [-0.25, -0.2) is 0 Å². The normalized spacial score (nSPS) is 12.7. The highest BCUT2D eigenvalue weighted by Crippen LogP contribution is 2.20. The average molecular weight is 286 g/mol. The second kappa shape index (κ2) is 5.70. The minimum Gasteiger partial charge on any atom is -0.460 e. The molecule has 1 N–H and O–H groups in total. The lowest BCUT2D eigenvalue weighted by Gasteiger charge is -2.13. The number of hydrogen-bond donors (Lipinski definition) is 1. The second-order valence-electron chi connectivity index (χ2n) is 4.90. The molecule has 3 heteroatoms. The van der Waals surface area contributed by atoms with Crippen molar-refractivity contribution in [1.82, 2.24) is 5.32 Å². The molecule has 0 amide bonds. The average Bonchev–Trinajstić information content (AvgIpc) is 2.88. The SMILES string of the molecule is CC(NCc1cc2ccccc2o1)c1ccc(Cl)cc1. The van der Waals surface area contributed by atoms with Gasteiger partial charge in [0, 0.05) is 16.5 Å². The van der Waals surface area contributed by atoms with E-state index >= 15 is 0 Å². The molecule has 0 saturated carbocycles. The van der Waals surface area contributed by atoms with Crippen LogP contribution in [0.15, 0.2) is 59.0 Å². The molecule has 3 rings (SSSR count). The highest BCUT2D eigenvalue weighted by Gasteiger charge is 2.07. The number of furan rings is 1. The van der Waals surface area contributed by atoms with Crippen LogP contribution in [0.5, 0.6) is 0 Å². The first-order valence-corrected chi connectivity index (χ1v) is 7.06. The van der Waals surface area contributed by atoms with E-state index < -0.39 is 0 Å². The Labute approximate surface area is 123 Å². The Balaban J connectivity index is 1.68. The van der Waals surface area contributed by atoms with E-state index in [9.17, 15) is 0 Å². The van der Waals surface area contributed by atoms with Gasteiger partial charge in [0.05, 0.1) is 6.54 Å². The highest BCUT2D eigenvalue weighted by atomic mass is 35.5. The smallest absolute Gasteiger partial charge is 0.134 e. The maximum absolute atomic E-state index is 5.90. The van der Waals surface area contributed by atoms with Crippen LogP contribution in [-0.2, 0) is 6.54 Å². The van der Waals surface area contributed by atoms with Crippen LogP contribution < -0.4 is 5.32 Å². The van der Waals surface area contributed by atoms with Crippen molar-refractivity contribution in [3.8, 4) is 0 Å². The summed E-state index contributed by atoms with van der Waals surface area (Å²) >= 11 is 5.90. The molecule has 1 aromatic heterocycles. The summed E-state index contributed by atoms with van der Waals surface area (Å²) in [4.78, 5) is 0. The van der Waals surface area contributed by atoms with Crippen molar-refractivity contribution in [3.63, 3.8) is 0 Å². The molecule has 0 aliphatic heterocycles. The van der Waals surface area contributed by atoms with E-state index in [1.165, 1.54) is 5.56 Å². The molecule has 0 saturated heterocycles. The summed E-state index contributed by atoms with van der Waals surface area (Å²) in [7, 11) is 0. The Bertz CT molecular complexity index is 669. The topological polar surface area (TPSA) is 25.2 Å². The molecule has 0 aliphatic rings. The Morgan fingerprint density at radius 3 is 2.60 bits per heavy atom. The van der Waals surface area contributed by atoms with Crippen molar-refractivity contribution < 1.29 is 4.42 Å². The first-order valence-electron chi connectivity index (χ1n) is 6.69. The van der Waals surface area contributed by atoms with Gasteiger partial charge in [0.15, 0.2) is 0 Å². The fourth-order valence-corrected chi connectivity index (χ4v) is 2.37. The van der Waals surface area contributed by atoms with E-state index in [-0.39, 0.29) is 6.04 Å². The third-order valence-electron chi connectivity index (χ3n) is 3.43. The standard InChI is InChI=1S/C17H16ClNO/c1-12(13-6-8-15(18)9-7-13)19-11-16-10-14-4-2-3-5-17(14)20-16/h2-10,12,19H,11H2,1H3. The summed E-state index contributed by atoms with van der Waals surface area (Å²) < 4.78 is 5.79. The van der Waals surface area contributed by atoms with E-state index in [0.717, 1.165) is 21.8 Å². The first-order chi connectivity index (χ1) is 9.72. The van der Waals surface area contributed by atoms with E-state index in [1.807, 2.05) is 42.5 Å². The lowest BCUT2D eigenvalue weighted by Crippen LogP contribution is -2.17. The maximum atomic E-state index is 5.90. The monoisotopic (exact) mass is 285 g/mol. The molecule has 1 heterocycles. The van der Waals surface area contributed by atoms with Gasteiger partial charge in [0.25, 0.3) is 0 Å². The highest BCUT2D eigenvalue weighted by molar-refractivity contribution is 6.30. The fraction of sp³-hybridized carbons (Fsp3) is 0.176. The van der Waals surface area contributed by atoms with Crippen LogP contribution in [0.25, 0.3) is 11.0 Å². The number of para-hydroxylation sites is 1. The largest absolute Gasteiger partial charge is 0.460 e. The van der Waals surface area contributed by atoms with Crippen molar-refractivity contribution in [1.29, 1.82) is 0 Å². The summed E-state index contributed by atoms with van der Waals surface area (Å²) in [5.74, 6) is 0.951. The lowest BCUT2D eigenvalue weighted by molar-refractivity contribution is 0.482. The third kappa shape index (κ3) is 2.87. The summed E-state index contributed by atoms with van der Waals surface area (Å²) in [5, 5.41) is 5.36. The predicted molar refractivity (Wildman–Crippen MR) is 82.9 cm³/mol. The Morgan fingerprint density at radius 2 is 1.85 bits per heavy atom. The molecule has 20 heavy (non-hydrogen) atoms. The zero-order valence-electron chi connectivity index (χ0n) is 11.3. The van der Waals surface area contributed by atoms with E-state index in [0.29, 0.717) is 6.54 Å². The molecule has 2 aromatic carbocycles. The molecular weight excluding hydrogens is 270 g/mol. The van der Waals surface area contributed by atoms with Crippen molar-refractivity contribution in [3.05, 3.63) is 70.9 Å². The zero-order valence-corrected chi connectivity index (χ0v) is 12.0. The molecule has 102 valence electrons. The van der Waals surface area contributed by atoms with Crippen LogP contribution >= 0.6 is 11.6 Å². The predicted octanol–water partition coefficient (Wildman–Crippen LogP) is 4.94. The minimum atomic E-state index is 0.250. The quantitative estimate of drug-likeness (QED) is 0.735. The van der Waals surface area contributed by atoms with E-state index in [2.05, 4.69) is 24.4 Å². The first kappa shape index (κ1) is 13.2. The summed E-state index contributed by atoms with van der Waals surface area (Å²) in [6.45, 7) is 2.84. The number of rotatable bonds is 4. The molecule has 3 aromatic rings. The van der Waals surface area contributed by atoms with Gasteiger partial charge < -0.3 is 9.73 Å². The van der Waals surface area contributed by atoms with Crippen LogP contribution in [0.2, 0.25) is 5.02 Å². The van der Waals surface area contributed by atoms with Gasteiger partial charge in [0.1, 0.15) is 11.3 Å². The molecule has 0 bridgehead atoms. The minimum absolute atomic E-state index is 0.250. The molecule has 0 spiro atoms. The number of benzene rings is 2. The van der Waals surface area contributed by atoms with Gasteiger partial charge in [-0.05, 0) is 36.8 Å². The van der Waals surface area contributed by atoms with Crippen molar-refractivity contribution >= 4 is 22.6 Å². The number of halogens is 1. The van der Waals surface area contributed by atoms with Crippen LogP contribution in [0.4, 0.5) is 0 Å². The van der Waals surface area contributed by atoms with Gasteiger partial charge in [-0.2, -0.15) is 0 Å². The van der Waals surface area contributed by atoms with Crippen LogP contribution in [0.3, 0.4) is 0 Å². The van der Waals surface area contributed by atoms with E-state index in [1.54, 1.807) is 0 Å². The van der Waals surface area contributed by atoms with Crippen LogP contribution in [0, 0.1) is 0 Å². The molecule has 1 unspecified atom stereocenters. The van der Waals surface area contributed by atoms with Crippen LogP contribution in [0.1, 0.15) is 24.3 Å². The Kier molecular flexibility index (Phi) is 3.77. The summed E-state index contributed by atoms with van der Waals surface area (Å²) in [5.41, 5.74) is 2.15. The molecule has 0 aliphatic carbocycles. The zero-order chi connectivity index (χ0) is 13.9. The third-order valence-corrected chi connectivity index (χ3v) is 3.68. The van der Waals surface area contributed by atoms with Crippen molar-refractivity contribution in [2.24, 2.45) is 0 Å². The second-order valence-corrected chi connectivity index (χ2v) is 5.34. The van der Waals surface area contributed by atoms with Crippen molar-refractivity contribution in [2.45, 2.75) is 19.5 Å². The lowest BCUT2D eigenvalue weighted by atomic mass is 10.1. The molecule has 0 fully saturated rings. The fourth-order valence-electron chi connectivity index (χ4n) is 2.25. The van der Waals surface area contributed by atoms with Gasteiger partial charge in [0.2, 0.25) is 0 Å². The maximum Gasteiger partial charge on any atom is 0.134 e. The van der Waals surface area contributed by atoms with E-state index in [4.69, 9.17) is 16.0 Å². The van der Waals surface area contributed by atoms with Crippen molar-refractivity contribution in [2.75, 3.05) is 0 Å². The van der Waals surface area contributed by atoms with Crippen LogP contribution in [-0.4, -0.2) is 0 Å². The van der Waals surface area contributed by atoms with Gasteiger partial charge in [-0.3, -0.25) is 0 Å². The molecule has 0 radical (unpaired) electrons.